The molecular formula is C20H21BrN2OS. The highest BCUT2D eigenvalue weighted by Gasteiger charge is 2.12. The summed E-state index contributed by atoms with van der Waals surface area (Å²) in [7, 11) is 0. The number of fused-ring (bicyclic) bond motifs is 1. The topological polar surface area (TPSA) is 34.4 Å². The number of hydrogen-bond acceptors (Lipinski definition) is 2. The van der Waals surface area contributed by atoms with Crippen LogP contribution in [0, 0.1) is 0 Å². The molecule has 0 spiro atoms. The van der Waals surface area contributed by atoms with Gasteiger partial charge >= 0.3 is 0 Å². The zero-order valence-corrected chi connectivity index (χ0v) is 17.0. The Morgan fingerprint density at radius 2 is 2.00 bits per heavy atom. The molecule has 1 heterocycles. The highest BCUT2D eigenvalue weighted by Crippen LogP contribution is 2.24. The number of hydrogen-bond donors (Lipinski definition) is 0. The third-order valence-corrected chi connectivity index (χ3v) is 5.85. The molecule has 2 aromatic carbocycles. The van der Waals surface area contributed by atoms with Gasteiger partial charge in [-0.1, -0.05) is 50.3 Å². The number of aryl methyl sites for hydroxylation is 1. The van der Waals surface area contributed by atoms with Gasteiger partial charge in [0.05, 0.1) is 15.8 Å². The van der Waals surface area contributed by atoms with Gasteiger partial charge in [-0.3, -0.25) is 4.79 Å². The Morgan fingerprint density at radius 1 is 1.24 bits per heavy atom. The molecule has 0 unspecified atom stereocenters. The van der Waals surface area contributed by atoms with Crippen LogP contribution >= 0.6 is 27.3 Å². The minimum Gasteiger partial charge on any atom is -0.316 e. The molecule has 0 radical (unpaired) electrons. The smallest absolute Gasteiger partial charge is 0.280 e. The molecule has 0 saturated carbocycles. The van der Waals surface area contributed by atoms with E-state index in [9.17, 15) is 4.79 Å². The normalized spacial score (nSPS) is 12.3. The second-order valence-electron chi connectivity index (χ2n) is 6.31. The maximum Gasteiger partial charge on any atom is 0.280 e. The van der Waals surface area contributed by atoms with Gasteiger partial charge in [-0.15, -0.1) is 0 Å². The van der Waals surface area contributed by atoms with E-state index in [-0.39, 0.29) is 5.91 Å². The summed E-state index contributed by atoms with van der Waals surface area (Å²) in [4.78, 5) is 17.8. The molecular weight excluding hydrogens is 396 g/mol. The van der Waals surface area contributed by atoms with Crippen LogP contribution in [0.3, 0.4) is 0 Å². The summed E-state index contributed by atoms with van der Waals surface area (Å²) in [5, 5.41) is 0. The molecule has 1 aromatic heterocycles. The summed E-state index contributed by atoms with van der Waals surface area (Å²) in [6, 6.07) is 14.0. The van der Waals surface area contributed by atoms with E-state index in [0.717, 1.165) is 27.8 Å². The van der Waals surface area contributed by atoms with Crippen molar-refractivity contribution < 1.29 is 4.79 Å². The van der Waals surface area contributed by atoms with Crippen molar-refractivity contribution in [2.45, 2.75) is 39.7 Å². The zero-order valence-electron chi connectivity index (χ0n) is 14.6. The Kier molecular flexibility index (Phi) is 5.54. The zero-order chi connectivity index (χ0) is 18.0. The molecule has 1 amide bonds. The van der Waals surface area contributed by atoms with E-state index in [2.05, 4.69) is 64.5 Å². The van der Waals surface area contributed by atoms with E-state index in [4.69, 9.17) is 0 Å². The predicted octanol–water partition coefficient (Wildman–Crippen LogP) is 5.74. The Morgan fingerprint density at radius 3 is 2.68 bits per heavy atom. The molecule has 0 N–H and O–H groups in total. The summed E-state index contributed by atoms with van der Waals surface area (Å²) in [5.74, 6) is 0.265. The molecule has 0 atom stereocenters. The molecule has 0 aliphatic heterocycles. The van der Waals surface area contributed by atoms with E-state index >= 15 is 0 Å². The lowest BCUT2D eigenvalue weighted by Gasteiger charge is -2.06. The van der Waals surface area contributed by atoms with Crippen LogP contribution in [0.5, 0.6) is 0 Å². The monoisotopic (exact) mass is 416 g/mol. The van der Waals surface area contributed by atoms with Crippen LogP contribution in [-0.4, -0.2) is 10.5 Å². The highest BCUT2D eigenvalue weighted by molar-refractivity contribution is 9.10. The molecule has 130 valence electrons. The van der Waals surface area contributed by atoms with Crippen LogP contribution in [-0.2, 0) is 6.54 Å². The maximum absolute atomic E-state index is 12.6. The number of benzene rings is 2. The van der Waals surface area contributed by atoms with E-state index in [1.165, 1.54) is 10.3 Å². The number of halogens is 1. The largest absolute Gasteiger partial charge is 0.316 e. The number of thiazole rings is 1. The van der Waals surface area contributed by atoms with E-state index in [1.807, 2.05) is 18.2 Å². The van der Waals surface area contributed by atoms with Crippen LogP contribution in [0.4, 0.5) is 0 Å². The average Bonchev–Trinajstić information content (AvgIpc) is 2.92. The quantitative estimate of drug-likeness (QED) is 0.533. The minimum atomic E-state index is -0.215. The summed E-state index contributed by atoms with van der Waals surface area (Å²) >= 11 is 5.02. The van der Waals surface area contributed by atoms with Crippen molar-refractivity contribution in [2.75, 3.05) is 0 Å². The van der Waals surface area contributed by atoms with Gasteiger partial charge in [0.15, 0.2) is 4.80 Å². The molecule has 3 nitrogen and oxygen atoms in total. The summed E-state index contributed by atoms with van der Waals surface area (Å²) in [6.45, 7) is 7.37. The molecule has 3 aromatic rings. The lowest BCUT2D eigenvalue weighted by molar-refractivity contribution is 0.0997. The molecule has 0 aliphatic carbocycles. The van der Waals surface area contributed by atoms with Gasteiger partial charge < -0.3 is 4.57 Å². The van der Waals surface area contributed by atoms with E-state index in [1.54, 1.807) is 17.4 Å². The van der Waals surface area contributed by atoms with Gasteiger partial charge in [0.25, 0.3) is 5.91 Å². The lowest BCUT2D eigenvalue weighted by Crippen LogP contribution is -2.17. The van der Waals surface area contributed by atoms with Gasteiger partial charge in [-0.2, -0.15) is 4.99 Å². The first-order valence-corrected chi connectivity index (χ1v) is 10.1. The van der Waals surface area contributed by atoms with Crippen molar-refractivity contribution in [1.82, 2.24) is 4.57 Å². The second kappa shape index (κ2) is 7.67. The van der Waals surface area contributed by atoms with E-state index in [0.29, 0.717) is 11.5 Å². The molecule has 3 rings (SSSR count). The van der Waals surface area contributed by atoms with Crippen molar-refractivity contribution >= 4 is 43.4 Å². The third kappa shape index (κ3) is 3.77. The van der Waals surface area contributed by atoms with E-state index < -0.39 is 0 Å². The van der Waals surface area contributed by atoms with Gasteiger partial charge in [-0.25, -0.2) is 0 Å². The van der Waals surface area contributed by atoms with Crippen LogP contribution in [0.25, 0.3) is 10.2 Å². The van der Waals surface area contributed by atoms with Gasteiger partial charge in [-0.05, 0) is 58.1 Å². The van der Waals surface area contributed by atoms with Crippen molar-refractivity contribution in [3.63, 3.8) is 0 Å². The first-order chi connectivity index (χ1) is 12.0. The number of carbonyl (C=O) groups excluding carboxylic acids is 1. The first-order valence-electron chi connectivity index (χ1n) is 8.48. The summed E-state index contributed by atoms with van der Waals surface area (Å²) in [5.41, 5.74) is 3.04. The Hall–Kier alpha value is -1.72. The Labute approximate surface area is 160 Å². The molecule has 25 heavy (non-hydrogen) atoms. The molecule has 5 heteroatoms. The average molecular weight is 417 g/mol. The second-order valence-corrected chi connectivity index (χ2v) is 8.18. The highest BCUT2D eigenvalue weighted by atomic mass is 79.9. The first kappa shape index (κ1) is 18.1. The lowest BCUT2D eigenvalue weighted by atomic mass is 10.0. The number of amides is 1. The van der Waals surface area contributed by atoms with Crippen LogP contribution < -0.4 is 4.80 Å². The fourth-order valence-corrected chi connectivity index (χ4v) is 4.31. The van der Waals surface area contributed by atoms with Crippen molar-refractivity contribution in [2.24, 2.45) is 4.99 Å². The number of carbonyl (C=O) groups is 1. The number of nitrogens with zero attached hydrogens (tertiary/aromatic N) is 2. The summed E-state index contributed by atoms with van der Waals surface area (Å²) in [6.07, 6.45) is 0.994. The van der Waals surface area contributed by atoms with Gasteiger partial charge in [0.2, 0.25) is 0 Å². The summed E-state index contributed by atoms with van der Waals surface area (Å²) < 4.78 is 4.10. The third-order valence-electron chi connectivity index (χ3n) is 4.12. The molecule has 0 saturated heterocycles. The Bertz CT molecular complexity index is 985. The van der Waals surface area contributed by atoms with Crippen LogP contribution in [0.15, 0.2) is 51.9 Å². The fraction of sp³-hybridized carbons (Fsp3) is 0.300. The van der Waals surface area contributed by atoms with Gasteiger partial charge in [0, 0.05) is 11.0 Å². The fourth-order valence-electron chi connectivity index (χ4n) is 2.76. The van der Waals surface area contributed by atoms with Crippen molar-refractivity contribution in [1.29, 1.82) is 0 Å². The van der Waals surface area contributed by atoms with Crippen molar-refractivity contribution in [3.05, 3.63) is 62.9 Å². The molecule has 0 bridgehead atoms. The number of aromatic nitrogens is 1. The standard InChI is InChI=1S/C20H21BrN2OS/c1-4-11-23-17-10-9-14(13(2)3)12-18(17)25-20(23)22-19(24)15-7-5-6-8-16(15)21/h5-10,12-13H,4,11H2,1-3H3. The van der Waals surface area contributed by atoms with Crippen molar-refractivity contribution in [3.8, 4) is 0 Å². The Balaban J connectivity index is 2.15. The van der Waals surface area contributed by atoms with Crippen LogP contribution in [0.1, 0.15) is 49.0 Å². The minimum absolute atomic E-state index is 0.215. The maximum atomic E-state index is 12.6. The SMILES string of the molecule is CCCn1c(=NC(=O)c2ccccc2Br)sc2cc(C(C)C)ccc21. The number of rotatable bonds is 4. The predicted molar refractivity (Wildman–Crippen MR) is 108 cm³/mol. The molecule has 0 fully saturated rings. The van der Waals surface area contributed by atoms with Crippen LogP contribution in [0.2, 0.25) is 0 Å². The molecule has 0 aliphatic rings. The van der Waals surface area contributed by atoms with Gasteiger partial charge in [0.1, 0.15) is 0 Å².